The van der Waals surface area contributed by atoms with Crippen LogP contribution in [-0.4, -0.2) is 12.1 Å². The van der Waals surface area contributed by atoms with E-state index in [0.29, 0.717) is 16.9 Å². The molecule has 2 saturated carbocycles. The highest BCUT2D eigenvalue weighted by Crippen LogP contribution is 2.60. The molecule has 0 aromatic heterocycles. The van der Waals surface area contributed by atoms with Gasteiger partial charge in [0.05, 0.1) is 0 Å². The van der Waals surface area contributed by atoms with Gasteiger partial charge in [0.15, 0.2) is 0 Å². The van der Waals surface area contributed by atoms with Gasteiger partial charge in [0, 0.05) is 11.5 Å². The third-order valence-corrected chi connectivity index (χ3v) is 7.69. The average molecular weight is 381 g/mol. The highest BCUT2D eigenvalue weighted by molar-refractivity contribution is 9.11. The highest BCUT2D eigenvalue weighted by atomic mass is 79.9. The Morgan fingerprint density at radius 1 is 1.48 bits per heavy atom. The Hall–Kier alpha value is -0.570. The van der Waals surface area contributed by atoms with Gasteiger partial charge in [-0.15, -0.1) is 0 Å². The Morgan fingerprint density at radius 3 is 2.83 bits per heavy atom. The molecule has 3 fully saturated rings. The van der Waals surface area contributed by atoms with Crippen molar-refractivity contribution in [3.63, 3.8) is 0 Å². The molecule has 0 radical (unpaired) electrons. The van der Waals surface area contributed by atoms with Crippen molar-refractivity contribution < 1.29 is 9.53 Å². The van der Waals surface area contributed by atoms with Gasteiger partial charge in [0.2, 0.25) is 0 Å². The molecular formula is C20H29BrO2. The minimum Gasteiger partial charge on any atom is -0.458 e. The number of hydrogen-bond acceptors (Lipinski definition) is 2. The fourth-order valence-corrected chi connectivity index (χ4v) is 6.20. The van der Waals surface area contributed by atoms with Crippen LogP contribution < -0.4 is 0 Å². The molecule has 2 nitrogen and oxygen atoms in total. The van der Waals surface area contributed by atoms with Crippen molar-refractivity contribution in [3.8, 4) is 0 Å². The molecule has 1 aliphatic heterocycles. The van der Waals surface area contributed by atoms with Gasteiger partial charge >= 0.3 is 5.97 Å². The molecule has 3 rings (SSSR count). The number of carbonyl (C=O) groups excluding carboxylic acids is 1. The smallest absolute Gasteiger partial charge is 0.334 e. The molecule has 3 aliphatic rings. The van der Waals surface area contributed by atoms with Gasteiger partial charge in [-0.05, 0) is 66.7 Å². The van der Waals surface area contributed by atoms with Crippen LogP contribution >= 0.6 is 15.9 Å². The van der Waals surface area contributed by atoms with E-state index in [9.17, 15) is 4.79 Å². The van der Waals surface area contributed by atoms with E-state index in [-0.39, 0.29) is 18.0 Å². The maximum absolute atomic E-state index is 11.7. The number of halogens is 1. The largest absolute Gasteiger partial charge is 0.458 e. The van der Waals surface area contributed by atoms with Crippen molar-refractivity contribution in [3.05, 3.63) is 22.7 Å². The number of esters is 1. The molecule has 0 aromatic rings. The van der Waals surface area contributed by atoms with Gasteiger partial charge in [-0.1, -0.05) is 48.9 Å². The third-order valence-electron chi connectivity index (χ3n) is 7.10. The van der Waals surface area contributed by atoms with Crippen LogP contribution in [0.2, 0.25) is 0 Å². The second kappa shape index (κ2) is 6.38. The average Bonchev–Trinajstić information content (AvgIpc) is 2.99. The molecule has 1 heterocycles. The highest BCUT2D eigenvalue weighted by Gasteiger charge is 2.51. The fraction of sp³-hybridized carbons (Fsp3) is 0.750. The van der Waals surface area contributed by atoms with Crippen molar-refractivity contribution in [2.75, 3.05) is 0 Å². The van der Waals surface area contributed by atoms with Crippen molar-refractivity contribution in [2.45, 2.75) is 65.4 Å². The van der Waals surface area contributed by atoms with E-state index in [4.69, 9.17) is 4.74 Å². The molecule has 0 unspecified atom stereocenters. The van der Waals surface area contributed by atoms with Crippen molar-refractivity contribution in [1.82, 2.24) is 0 Å². The van der Waals surface area contributed by atoms with Gasteiger partial charge in [-0.3, -0.25) is 0 Å². The van der Waals surface area contributed by atoms with E-state index in [0.717, 1.165) is 18.3 Å². The van der Waals surface area contributed by atoms with Crippen LogP contribution in [0, 0.1) is 29.1 Å². The molecule has 1 saturated heterocycles. The summed E-state index contributed by atoms with van der Waals surface area (Å²) in [6.45, 7) is 10.8. The van der Waals surface area contributed by atoms with Crippen LogP contribution in [0.5, 0.6) is 0 Å². The number of fused-ring (bicyclic) bond motifs is 1. The summed E-state index contributed by atoms with van der Waals surface area (Å²) < 4.78 is 5.57. The summed E-state index contributed by atoms with van der Waals surface area (Å²) in [5.41, 5.74) is 2.68. The monoisotopic (exact) mass is 380 g/mol. The summed E-state index contributed by atoms with van der Waals surface area (Å²) in [5, 5.41) is 0. The Balaban J connectivity index is 1.72. The molecular weight excluding hydrogens is 352 g/mol. The minimum absolute atomic E-state index is 0.0300. The van der Waals surface area contributed by atoms with Crippen molar-refractivity contribution in [2.24, 2.45) is 29.1 Å². The number of ether oxygens (including phenoxy) is 1. The van der Waals surface area contributed by atoms with E-state index in [1.807, 2.05) is 0 Å². The number of hydrogen-bond donors (Lipinski definition) is 0. The Morgan fingerprint density at radius 2 is 2.22 bits per heavy atom. The lowest BCUT2D eigenvalue weighted by atomic mass is 9.61. The number of cyclic esters (lactones) is 1. The third kappa shape index (κ3) is 2.83. The summed E-state index contributed by atoms with van der Waals surface area (Å²) >= 11 is 3.59. The summed E-state index contributed by atoms with van der Waals surface area (Å²) in [5.74, 6) is 2.04. The SMILES string of the molecule is C=C1C(=O)O[C@H](C[C@@H](C)[C@H]2CC[C@H]3C(=CBr)CCC[C@]23C)[C@@H]1C. The number of allylic oxidation sites excluding steroid dienone is 1. The molecule has 0 spiro atoms. The molecule has 3 heteroatoms. The molecule has 2 aliphatic carbocycles. The first-order valence-corrected chi connectivity index (χ1v) is 9.99. The van der Waals surface area contributed by atoms with E-state index in [1.54, 1.807) is 5.57 Å². The topological polar surface area (TPSA) is 26.3 Å². The van der Waals surface area contributed by atoms with E-state index in [1.165, 1.54) is 32.1 Å². The zero-order chi connectivity index (χ0) is 16.8. The van der Waals surface area contributed by atoms with Crippen molar-refractivity contribution in [1.29, 1.82) is 0 Å². The van der Waals surface area contributed by atoms with E-state index in [2.05, 4.69) is 48.3 Å². The van der Waals surface area contributed by atoms with Crippen LogP contribution in [0.15, 0.2) is 22.7 Å². The second-order valence-corrected chi connectivity index (χ2v) is 8.71. The first-order chi connectivity index (χ1) is 10.9. The van der Waals surface area contributed by atoms with Gasteiger partial charge in [-0.2, -0.15) is 0 Å². The summed E-state index contributed by atoms with van der Waals surface area (Å²) in [6, 6.07) is 0. The first-order valence-electron chi connectivity index (χ1n) is 9.07. The predicted octanol–water partition coefficient (Wildman–Crippen LogP) is 5.63. The fourth-order valence-electron chi connectivity index (χ4n) is 5.65. The maximum Gasteiger partial charge on any atom is 0.334 e. The lowest BCUT2D eigenvalue weighted by Gasteiger charge is -2.44. The standard InChI is InChI=1S/C20H29BrO2/c1-12(10-18-13(2)14(3)19(22)23-18)16-7-8-17-15(11-21)6-5-9-20(16,17)4/h11-13,16-18H,3,5-10H2,1-2,4H3/t12-,13-,16-,17+,18-,20-/m1/s1. The molecule has 128 valence electrons. The van der Waals surface area contributed by atoms with Crippen molar-refractivity contribution >= 4 is 21.9 Å². The van der Waals surface area contributed by atoms with Crippen LogP contribution in [0.25, 0.3) is 0 Å². The first kappa shape index (κ1) is 17.3. The van der Waals surface area contributed by atoms with Gasteiger partial charge < -0.3 is 4.74 Å². The lowest BCUT2D eigenvalue weighted by molar-refractivity contribution is -0.140. The molecule has 0 aromatic carbocycles. The molecule has 0 N–H and O–H groups in total. The van der Waals surface area contributed by atoms with Gasteiger partial charge in [0.1, 0.15) is 6.10 Å². The summed E-state index contributed by atoms with van der Waals surface area (Å²) in [7, 11) is 0. The molecule has 0 bridgehead atoms. The van der Waals surface area contributed by atoms with Crippen LogP contribution in [-0.2, 0) is 9.53 Å². The summed E-state index contributed by atoms with van der Waals surface area (Å²) in [4.78, 5) is 13.9. The predicted molar refractivity (Wildman–Crippen MR) is 97.1 cm³/mol. The van der Waals surface area contributed by atoms with Gasteiger partial charge in [0.25, 0.3) is 0 Å². The lowest BCUT2D eigenvalue weighted by Crippen LogP contribution is -2.37. The second-order valence-electron chi connectivity index (χ2n) is 8.25. The van der Waals surface area contributed by atoms with Crippen LogP contribution in [0.3, 0.4) is 0 Å². The Labute approximate surface area is 148 Å². The zero-order valence-corrected chi connectivity index (χ0v) is 16.2. The van der Waals surface area contributed by atoms with Crippen LogP contribution in [0.4, 0.5) is 0 Å². The maximum atomic E-state index is 11.7. The van der Waals surface area contributed by atoms with E-state index >= 15 is 0 Å². The Bertz CT molecular complexity index is 538. The molecule has 0 amide bonds. The molecule has 6 atom stereocenters. The summed E-state index contributed by atoms with van der Waals surface area (Å²) in [6.07, 6.45) is 7.53. The van der Waals surface area contributed by atoms with Crippen LogP contribution in [0.1, 0.15) is 59.3 Å². The minimum atomic E-state index is -0.188. The van der Waals surface area contributed by atoms with E-state index < -0.39 is 0 Å². The normalized spacial score (nSPS) is 43.6. The zero-order valence-electron chi connectivity index (χ0n) is 14.6. The molecule has 23 heavy (non-hydrogen) atoms. The quantitative estimate of drug-likeness (QED) is 0.468. The Kier molecular flexibility index (Phi) is 4.79. The number of rotatable bonds is 3. The number of carbonyl (C=O) groups is 1. The van der Waals surface area contributed by atoms with Gasteiger partial charge in [-0.25, -0.2) is 4.79 Å².